The fourth-order valence-corrected chi connectivity index (χ4v) is 4.65. The largest absolute Gasteiger partial charge is 0.293 e. The number of carbonyl (C=O) groups is 1. The van der Waals surface area contributed by atoms with Crippen LogP contribution in [0.4, 0.5) is 0 Å². The van der Waals surface area contributed by atoms with Crippen LogP contribution in [0.3, 0.4) is 0 Å². The number of thiophene rings is 1. The molecule has 0 unspecified atom stereocenters. The van der Waals surface area contributed by atoms with Crippen molar-refractivity contribution in [2.45, 2.75) is 19.3 Å². The van der Waals surface area contributed by atoms with Crippen LogP contribution in [0.2, 0.25) is 0 Å². The lowest BCUT2D eigenvalue weighted by Gasteiger charge is -2.19. The van der Waals surface area contributed by atoms with E-state index in [1.165, 1.54) is 34.4 Å². The zero-order valence-corrected chi connectivity index (χ0v) is 11.9. The van der Waals surface area contributed by atoms with Crippen molar-refractivity contribution in [3.63, 3.8) is 0 Å². The van der Waals surface area contributed by atoms with Gasteiger partial charge in [-0.15, -0.1) is 11.3 Å². The molecule has 3 rings (SSSR count). The summed E-state index contributed by atoms with van der Waals surface area (Å²) in [6.45, 7) is 0. The standard InChI is InChI=1S/C15H16OS2/c16-13(9-11-5-7-17-8-6-11)15-10-12-3-1-2-4-14(12)18-15/h1-4,10-11H,5-9H2. The van der Waals surface area contributed by atoms with E-state index < -0.39 is 0 Å². The summed E-state index contributed by atoms with van der Waals surface area (Å²) in [5.41, 5.74) is 0. The van der Waals surface area contributed by atoms with Gasteiger partial charge >= 0.3 is 0 Å². The number of rotatable bonds is 3. The SMILES string of the molecule is O=C(CC1CCSCC1)c1cc2ccccc2s1. The highest BCUT2D eigenvalue weighted by molar-refractivity contribution is 7.99. The molecular formula is C15H16OS2. The molecule has 94 valence electrons. The zero-order chi connectivity index (χ0) is 12.4. The summed E-state index contributed by atoms with van der Waals surface area (Å²) in [6.07, 6.45) is 3.16. The van der Waals surface area contributed by atoms with E-state index in [2.05, 4.69) is 18.2 Å². The maximum atomic E-state index is 12.3. The first-order valence-corrected chi connectivity index (χ1v) is 8.39. The Hall–Kier alpha value is -0.800. The molecule has 1 fully saturated rings. The van der Waals surface area contributed by atoms with Gasteiger partial charge in [-0.1, -0.05) is 18.2 Å². The molecule has 0 spiro atoms. The fourth-order valence-electron chi connectivity index (χ4n) is 2.43. The topological polar surface area (TPSA) is 17.1 Å². The first-order chi connectivity index (χ1) is 8.83. The molecule has 1 aromatic heterocycles. The molecule has 1 aliphatic rings. The van der Waals surface area contributed by atoms with Gasteiger partial charge in [-0.05, 0) is 47.8 Å². The summed E-state index contributed by atoms with van der Waals surface area (Å²) in [4.78, 5) is 13.2. The first kappa shape index (κ1) is 12.2. The van der Waals surface area contributed by atoms with Crippen molar-refractivity contribution >= 4 is 39.0 Å². The molecule has 0 amide bonds. The lowest BCUT2D eigenvalue weighted by atomic mass is 9.96. The number of Topliss-reactive ketones (excluding diaryl/α,β-unsaturated/α-hetero) is 1. The van der Waals surface area contributed by atoms with Crippen molar-refractivity contribution in [1.29, 1.82) is 0 Å². The quantitative estimate of drug-likeness (QED) is 0.761. The van der Waals surface area contributed by atoms with Gasteiger partial charge in [0, 0.05) is 11.1 Å². The molecule has 0 saturated carbocycles. The summed E-state index contributed by atoms with van der Waals surface area (Å²) in [6, 6.07) is 10.3. The highest BCUT2D eigenvalue weighted by Gasteiger charge is 2.19. The molecule has 1 saturated heterocycles. The van der Waals surface area contributed by atoms with Gasteiger partial charge in [0.25, 0.3) is 0 Å². The summed E-state index contributed by atoms with van der Waals surface area (Å²) in [7, 11) is 0. The molecule has 0 N–H and O–H groups in total. The van der Waals surface area contributed by atoms with Crippen LogP contribution in [0.15, 0.2) is 30.3 Å². The van der Waals surface area contributed by atoms with Crippen LogP contribution >= 0.6 is 23.1 Å². The molecule has 18 heavy (non-hydrogen) atoms. The molecule has 3 heteroatoms. The summed E-state index contributed by atoms with van der Waals surface area (Å²) in [5.74, 6) is 3.41. The molecule has 0 bridgehead atoms. The Bertz CT molecular complexity index is 519. The number of hydrogen-bond acceptors (Lipinski definition) is 3. The maximum absolute atomic E-state index is 12.3. The van der Waals surface area contributed by atoms with E-state index in [0.29, 0.717) is 11.7 Å². The average molecular weight is 276 g/mol. The average Bonchev–Trinajstić information content (AvgIpc) is 2.84. The minimum atomic E-state index is 0.341. The third-order valence-electron chi connectivity index (χ3n) is 3.52. The van der Waals surface area contributed by atoms with Crippen LogP contribution in [-0.4, -0.2) is 17.3 Å². The molecule has 2 aromatic rings. The van der Waals surface area contributed by atoms with Gasteiger partial charge in [-0.3, -0.25) is 4.79 Å². The predicted octanol–water partition coefficient (Wildman–Crippen LogP) is 4.62. The van der Waals surface area contributed by atoms with Crippen molar-refractivity contribution < 1.29 is 4.79 Å². The summed E-state index contributed by atoms with van der Waals surface area (Å²) < 4.78 is 1.22. The molecule has 0 aliphatic carbocycles. The van der Waals surface area contributed by atoms with Crippen LogP contribution in [0.5, 0.6) is 0 Å². The van der Waals surface area contributed by atoms with Gasteiger partial charge in [0.1, 0.15) is 0 Å². The third kappa shape index (κ3) is 2.62. The van der Waals surface area contributed by atoms with E-state index in [9.17, 15) is 4.79 Å². The van der Waals surface area contributed by atoms with E-state index in [-0.39, 0.29) is 0 Å². The Morgan fingerprint density at radius 3 is 2.78 bits per heavy atom. The highest BCUT2D eigenvalue weighted by Crippen LogP contribution is 2.30. The summed E-state index contributed by atoms with van der Waals surface area (Å²) in [5, 5.41) is 1.20. The predicted molar refractivity (Wildman–Crippen MR) is 80.8 cm³/mol. The van der Waals surface area contributed by atoms with Gasteiger partial charge in [-0.25, -0.2) is 0 Å². The third-order valence-corrected chi connectivity index (χ3v) is 5.72. The number of fused-ring (bicyclic) bond motifs is 1. The van der Waals surface area contributed by atoms with Crippen LogP contribution in [0.25, 0.3) is 10.1 Å². The van der Waals surface area contributed by atoms with Crippen molar-refractivity contribution in [2.75, 3.05) is 11.5 Å². The van der Waals surface area contributed by atoms with Crippen LogP contribution in [-0.2, 0) is 0 Å². The lowest BCUT2D eigenvalue weighted by Crippen LogP contribution is -2.13. The van der Waals surface area contributed by atoms with Gasteiger partial charge < -0.3 is 0 Å². The molecular weight excluding hydrogens is 260 g/mol. The second kappa shape index (κ2) is 5.45. The first-order valence-electron chi connectivity index (χ1n) is 6.42. The van der Waals surface area contributed by atoms with E-state index in [1.807, 2.05) is 23.9 Å². The molecule has 0 atom stereocenters. The lowest BCUT2D eigenvalue weighted by molar-refractivity contribution is 0.0963. The van der Waals surface area contributed by atoms with Gasteiger partial charge in [0.15, 0.2) is 5.78 Å². The zero-order valence-electron chi connectivity index (χ0n) is 10.2. The normalized spacial score (nSPS) is 17.1. The van der Waals surface area contributed by atoms with Crippen molar-refractivity contribution in [2.24, 2.45) is 5.92 Å². The number of thioether (sulfide) groups is 1. The van der Waals surface area contributed by atoms with Gasteiger partial charge in [-0.2, -0.15) is 11.8 Å². The molecule has 2 heterocycles. The highest BCUT2D eigenvalue weighted by atomic mass is 32.2. The van der Waals surface area contributed by atoms with E-state index >= 15 is 0 Å². The fraction of sp³-hybridized carbons (Fsp3) is 0.400. The van der Waals surface area contributed by atoms with Gasteiger partial charge in [0.05, 0.1) is 4.88 Å². The number of carbonyl (C=O) groups excluding carboxylic acids is 1. The maximum Gasteiger partial charge on any atom is 0.173 e. The Morgan fingerprint density at radius 2 is 2.00 bits per heavy atom. The second-order valence-electron chi connectivity index (χ2n) is 4.83. The van der Waals surface area contributed by atoms with Gasteiger partial charge in [0.2, 0.25) is 0 Å². The molecule has 0 radical (unpaired) electrons. The second-order valence-corrected chi connectivity index (χ2v) is 7.14. The van der Waals surface area contributed by atoms with Crippen molar-refractivity contribution in [3.05, 3.63) is 35.2 Å². The Morgan fingerprint density at radius 1 is 1.22 bits per heavy atom. The minimum Gasteiger partial charge on any atom is -0.293 e. The van der Waals surface area contributed by atoms with E-state index in [4.69, 9.17) is 0 Å². The van der Waals surface area contributed by atoms with E-state index in [0.717, 1.165) is 11.3 Å². The molecule has 1 aromatic carbocycles. The van der Waals surface area contributed by atoms with Crippen molar-refractivity contribution in [3.8, 4) is 0 Å². The molecule has 1 nitrogen and oxygen atoms in total. The smallest absolute Gasteiger partial charge is 0.173 e. The Kier molecular flexibility index (Phi) is 3.71. The summed E-state index contributed by atoms with van der Waals surface area (Å²) >= 11 is 3.66. The van der Waals surface area contributed by atoms with Crippen LogP contribution < -0.4 is 0 Å². The van der Waals surface area contributed by atoms with Crippen LogP contribution in [0, 0.1) is 5.92 Å². The molecule has 1 aliphatic heterocycles. The van der Waals surface area contributed by atoms with E-state index in [1.54, 1.807) is 11.3 Å². The van der Waals surface area contributed by atoms with Crippen molar-refractivity contribution in [1.82, 2.24) is 0 Å². The monoisotopic (exact) mass is 276 g/mol. The minimum absolute atomic E-state index is 0.341. The number of ketones is 1. The number of hydrogen-bond donors (Lipinski definition) is 0. The Balaban J connectivity index is 1.74. The van der Waals surface area contributed by atoms with Crippen LogP contribution in [0.1, 0.15) is 28.9 Å². The number of benzene rings is 1. The Labute approximate surface area is 116 Å².